The summed E-state index contributed by atoms with van der Waals surface area (Å²) < 4.78 is 62.6. The Bertz CT molecular complexity index is 1480. The summed E-state index contributed by atoms with van der Waals surface area (Å²) in [6, 6.07) is 11.3. The van der Waals surface area contributed by atoms with E-state index in [9.17, 15) is 26.4 Å². The number of rotatable bonds is 8. The molecule has 11 heteroatoms. The van der Waals surface area contributed by atoms with Crippen molar-refractivity contribution >= 4 is 37.9 Å². The van der Waals surface area contributed by atoms with Crippen molar-refractivity contribution in [2.24, 2.45) is 5.92 Å². The summed E-state index contributed by atoms with van der Waals surface area (Å²) in [5.74, 6) is 0.352. The third kappa shape index (κ3) is 7.67. The predicted octanol–water partition coefficient (Wildman–Crippen LogP) is 6.39. The summed E-state index contributed by atoms with van der Waals surface area (Å²) in [6.45, 7) is -0.836. The van der Waals surface area contributed by atoms with E-state index >= 15 is 0 Å². The second kappa shape index (κ2) is 12.4. The van der Waals surface area contributed by atoms with Gasteiger partial charge in [-0.1, -0.05) is 68.5 Å². The number of halogens is 3. The maximum Gasteiger partial charge on any atom is 0.401 e. The van der Waals surface area contributed by atoms with Crippen molar-refractivity contribution in [1.82, 2.24) is 15.2 Å². The Labute approximate surface area is 243 Å². The van der Waals surface area contributed by atoms with E-state index in [0.717, 1.165) is 51.7 Å². The first kappa shape index (κ1) is 30.0. The van der Waals surface area contributed by atoms with E-state index in [0.29, 0.717) is 23.8 Å². The molecule has 1 saturated carbocycles. The molecule has 0 spiro atoms. The molecule has 2 fully saturated rings. The van der Waals surface area contributed by atoms with Crippen molar-refractivity contribution < 1.29 is 26.4 Å². The number of carbonyl (C=O) groups excluding carboxylic acids is 1. The van der Waals surface area contributed by atoms with Gasteiger partial charge in [0.2, 0.25) is 0 Å². The number of fused-ring (bicyclic) bond motifs is 1. The van der Waals surface area contributed by atoms with Gasteiger partial charge in [0.15, 0.2) is 5.01 Å². The number of nitrogens with one attached hydrogen (secondary N) is 1. The zero-order valence-corrected chi connectivity index (χ0v) is 24.8. The Kier molecular flexibility index (Phi) is 9.06. The van der Waals surface area contributed by atoms with Gasteiger partial charge >= 0.3 is 6.18 Å². The van der Waals surface area contributed by atoms with Crippen LogP contribution in [0.4, 0.5) is 13.2 Å². The Morgan fingerprint density at radius 2 is 1.71 bits per heavy atom. The second-order valence-electron chi connectivity index (χ2n) is 11.5. The van der Waals surface area contributed by atoms with E-state index in [-0.39, 0.29) is 30.0 Å². The molecule has 0 unspecified atom stereocenters. The van der Waals surface area contributed by atoms with Gasteiger partial charge in [-0.15, -0.1) is 11.3 Å². The maximum absolute atomic E-state index is 13.3. The number of sulfone groups is 1. The zero-order chi connectivity index (χ0) is 29.2. The molecule has 1 amide bonds. The number of benzene rings is 2. The smallest absolute Gasteiger partial charge is 0.347 e. The first-order valence-electron chi connectivity index (χ1n) is 14.2. The summed E-state index contributed by atoms with van der Waals surface area (Å²) in [7, 11) is -1.57. The summed E-state index contributed by atoms with van der Waals surface area (Å²) >= 11 is 1.34. The van der Waals surface area contributed by atoms with Gasteiger partial charge in [-0.05, 0) is 48.6 Å². The molecule has 0 atom stereocenters. The quantitative estimate of drug-likeness (QED) is 0.321. The Morgan fingerprint density at radius 3 is 2.39 bits per heavy atom. The predicted molar refractivity (Wildman–Crippen MR) is 157 cm³/mol. The molecule has 3 aromatic rings. The lowest BCUT2D eigenvalue weighted by Gasteiger charge is -2.22. The molecule has 41 heavy (non-hydrogen) atoms. The lowest BCUT2D eigenvalue weighted by molar-refractivity contribution is -0.144. The molecular weight excluding hydrogens is 571 g/mol. The van der Waals surface area contributed by atoms with Crippen LogP contribution in [0.15, 0.2) is 36.4 Å². The van der Waals surface area contributed by atoms with Crippen LogP contribution in [0, 0.1) is 5.92 Å². The first-order valence-corrected chi connectivity index (χ1v) is 16.9. The minimum atomic E-state index is -4.27. The van der Waals surface area contributed by atoms with Gasteiger partial charge in [0, 0.05) is 18.2 Å². The summed E-state index contributed by atoms with van der Waals surface area (Å²) in [6.07, 6.45) is 3.15. The Hall–Kier alpha value is -2.50. The first-order chi connectivity index (χ1) is 19.5. The van der Waals surface area contributed by atoms with Crippen LogP contribution in [0.5, 0.6) is 0 Å². The largest absolute Gasteiger partial charge is 0.401 e. The molecule has 222 valence electrons. The van der Waals surface area contributed by atoms with Crippen LogP contribution >= 0.6 is 11.3 Å². The SMILES string of the molecule is CN(Cc1ccc(-c2sc(C(=O)NC3CCS(=O)(=O)CC3)nc2CC2CCCCC2)c2ccccc12)CC(F)(F)F. The highest BCUT2D eigenvalue weighted by Gasteiger charge is 2.30. The number of thiazole rings is 1. The number of alkyl halides is 3. The highest BCUT2D eigenvalue weighted by atomic mass is 32.2. The highest BCUT2D eigenvalue weighted by molar-refractivity contribution is 7.91. The molecule has 1 aromatic heterocycles. The molecule has 2 aromatic carbocycles. The van der Waals surface area contributed by atoms with Gasteiger partial charge in [-0.2, -0.15) is 13.2 Å². The van der Waals surface area contributed by atoms with Gasteiger partial charge in [-0.25, -0.2) is 13.4 Å². The van der Waals surface area contributed by atoms with Gasteiger partial charge in [0.05, 0.1) is 28.6 Å². The van der Waals surface area contributed by atoms with E-state index in [4.69, 9.17) is 4.98 Å². The monoisotopic (exact) mass is 607 g/mol. The fourth-order valence-corrected chi connectivity index (χ4v) is 8.62. The molecule has 1 aliphatic carbocycles. The fourth-order valence-electron chi connectivity index (χ4n) is 6.09. The topological polar surface area (TPSA) is 79.4 Å². The third-order valence-electron chi connectivity index (χ3n) is 8.14. The van der Waals surface area contributed by atoms with Crippen molar-refractivity contribution in [2.75, 3.05) is 25.1 Å². The summed E-state index contributed by atoms with van der Waals surface area (Å²) in [4.78, 5) is 20.3. The maximum atomic E-state index is 13.3. The van der Waals surface area contributed by atoms with Crippen molar-refractivity contribution in [3.8, 4) is 10.4 Å². The molecular formula is C30H36F3N3O3S2. The van der Waals surface area contributed by atoms with E-state index in [1.807, 2.05) is 36.4 Å². The standard InChI is InChI=1S/C30H36F3N3O3S2/c1-36(19-30(31,32)33)18-21-11-12-25(24-10-6-5-9-23(21)24)27-26(17-20-7-3-2-4-8-20)35-29(40-27)28(37)34-22-13-15-41(38,39)16-14-22/h5-6,9-12,20,22H,2-4,7-8,13-19H2,1H3,(H,34,37). The second-order valence-corrected chi connectivity index (χ2v) is 14.8. The minimum Gasteiger partial charge on any atom is -0.347 e. The number of amides is 1. The molecule has 2 aliphatic rings. The van der Waals surface area contributed by atoms with Gasteiger partial charge in [0.1, 0.15) is 9.84 Å². The lowest BCUT2D eigenvalue weighted by atomic mass is 9.85. The molecule has 0 radical (unpaired) electrons. The van der Waals surface area contributed by atoms with E-state index < -0.39 is 22.6 Å². The van der Waals surface area contributed by atoms with Crippen LogP contribution in [-0.2, 0) is 22.8 Å². The van der Waals surface area contributed by atoms with Gasteiger partial charge in [-0.3, -0.25) is 9.69 Å². The third-order valence-corrected chi connectivity index (χ3v) is 11.0. The lowest BCUT2D eigenvalue weighted by Crippen LogP contribution is -2.40. The van der Waals surface area contributed by atoms with E-state index in [2.05, 4.69) is 5.32 Å². The molecule has 1 aliphatic heterocycles. The Balaban J connectivity index is 1.47. The Morgan fingerprint density at radius 1 is 1.02 bits per heavy atom. The van der Waals surface area contributed by atoms with Crippen LogP contribution in [0.1, 0.15) is 66.0 Å². The van der Waals surface area contributed by atoms with Crippen molar-refractivity contribution in [3.05, 3.63) is 52.7 Å². The molecule has 6 nitrogen and oxygen atoms in total. The molecule has 1 N–H and O–H groups in total. The zero-order valence-electron chi connectivity index (χ0n) is 23.2. The summed E-state index contributed by atoms with van der Waals surface area (Å²) in [5, 5.41) is 5.16. The molecule has 2 heterocycles. The van der Waals surface area contributed by atoms with Crippen LogP contribution < -0.4 is 5.32 Å². The number of nitrogens with zero attached hydrogens (tertiary/aromatic N) is 2. The van der Waals surface area contributed by atoms with Crippen LogP contribution in [0.3, 0.4) is 0 Å². The van der Waals surface area contributed by atoms with Crippen LogP contribution in [0.25, 0.3) is 21.2 Å². The van der Waals surface area contributed by atoms with Gasteiger partial charge in [0.25, 0.3) is 5.91 Å². The van der Waals surface area contributed by atoms with Gasteiger partial charge < -0.3 is 5.32 Å². The number of hydrogen-bond acceptors (Lipinski definition) is 6. The van der Waals surface area contributed by atoms with Crippen LogP contribution in [-0.4, -0.2) is 61.5 Å². The highest BCUT2D eigenvalue weighted by Crippen LogP contribution is 2.39. The number of aromatic nitrogens is 1. The minimum absolute atomic E-state index is 0.0739. The van der Waals surface area contributed by atoms with Crippen molar-refractivity contribution in [3.63, 3.8) is 0 Å². The number of carbonyl (C=O) groups is 1. The van der Waals surface area contributed by atoms with E-state index in [1.54, 1.807) is 0 Å². The molecule has 5 rings (SSSR count). The normalized spacial score (nSPS) is 18.7. The fraction of sp³-hybridized carbons (Fsp3) is 0.533. The van der Waals surface area contributed by atoms with Crippen molar-refractivity contribution in [2.45, 2.75) is 70.1 Å². The average molecular weight is 608 g/mol. The molecule has 1 saturated heterocycles. The summed E-state index contributed by atoms with van der Waals surface area (Å²) in [5.41, 5.74) is 2.61. The number of hydrogen-bond donors (Lipinski definition) is 1. The van der Waals surface area contributed by atoms with E-state index in [1.165, 1.54) is 42.5 Å². The molecule has 0 bridgehead atoms. The van der Waals surface area contributed by atoms with Crippen LogP contribution in [0.2, 0.25) is 0 Å². The van der Waals surface area contributed by atoms with Crippen molar-refractivity contribution in [1.29, 1.82) is 0 Å². The average Bonchev–Trinajstić information content (AvgIpc) is 3.33.